The highest BCUT2D eigenvalue weighted by Gasteiger charge is 2.33. The molecule has 28 heavy (non-hydrogen) atoms. The number of carbonyl (C=O) groups excluding carboxylic acids is 2. The Morgan fingerprint density at radius 2 is 2.00 bits per heavy atom. The van der Waals surface area contributed by atoms with Gasteiger partial charge in [-0.25, -0.2) is 13.9 Å². The van der Waals surface area contributed by atoms with Crippen molar-refractivity contribution < 1.29 is 18.7 Å². The second kappa shape index (κ2) is 8.00. The first-order valence-corrected chi connectivity index (χ1v) is 9.65. The lowest BCUT2D eigenvalue weighted by Gasteiger charge is -2.37. The molecule has 2 heterocycles. The molecule has 1 saturated carbocycles. The van der Waals surface area contributed by atoms with Crippen LogP contribution < -0.4 is 5.32 Å². The Morgan fingerprint density at radius 3 is 2.75 bits per heavy atom. The number of anilines is 1. The van der Waals surface area contributed by atoms with Gasteiger partial charge in [0.15, 0.2) is 0 Å². The van der Waals surface area contributed by atoms with E-state index in [9.17, 15) is 14.0 Å². The molecule has 148 valence electrons. The van der Waals surface area contributed by atoms with E-state index in [0.717, 1.165) is 38.6 Å². The Kier molecular flexibility index (Phi) is 5.27. The number of nitrogens with one attached hydrogen (secondary N) is 1. The first kappa shape index (κ1) is 18.5. The molecule has 0 radical (unpaired) electrons. The van der Waals surface area contributed by atoms with Crippen LogP contribution in [0.4, 0.5) is 14.9 Å². The van der Waals surface area contributed by atoms with Crippen molar-refractivity contribution in [3.05, 3.63) is 42.5 Å². The van der Waals surface area contributed by atoms with Crippen molar-refractivity contribution in [1.29, 1.82) is 0 Å². The van der Waals surface area contributed by atoms with Gasteiger partial charge in [-0.15, -0.1) is 0 Å². The molecule has 1 aliphatic heterocycles. The van der Waals surface area contributed by atoms with Crippen molar-refractivity contribution >= 4 is 17.7 Å². The van der Waals surface area contributed by atoms with E-state index >= 15 is 0 Å². The van der Waals surface area contributed by atoms with Gasteiger partial charge < -0.3 is 15.0 Å². The smallest absolute Gasteiger partial charge is 0.410 e. The van der Waals surface area contributed by atoms with Crippen molar-refractivity contribution in [3.8, 4) is 5.69 Å². The molecule has 1 N–H and O–H groups in total. The highest BCUT2D eigenvalue weighted by molar-refractivity contribution is 5.92. The Bertz CT molecular complexity index is 861. The summed E-state index contributed by atoms with van der Waals surface area (Å²) in [5, 5.41) is 7.01. The number of cyclic esters (lactones) is 1. The number of ether oxygens (including phenoxy) is 1. The maximum absolute atomic E-state index is 13.9. The minimum absolute atomic E-state index is 0.0623. The largest absolute Gasteiger partial charge is 0.449 e. The predicted octanol–water partition coefficient (Wildman–Crippen LogP) is 3.35. The van der Waals surface area contributed by atoms with Gasteiger partial charge in [-0.2, -0.15) is 5.10 Å². The van der Waals surface area contributed by atoms with Gasteiger partial charge in [0.1, 0.15) is 11.5 Å². The molecule has 1 aromatic carbocycles. The predicted molar refractivity (Wildman–Crippen MR) is 101 cm³/mol. The van der Waals surface area contributed by atoms with Gasteiger partial charge in [0.2, 0.25) is 5.91 Å². The molecular weight excluding hydrogens is 363 g/mol. The van der Waals surface area contributed by atoms with Crippen molar-refractivity contribution in [3.63, 3.8) is 0 Å². The van der Waals surface area contributed by atoms with E-state index in [1.807, 2.05) is 0 Å². The number of carbonyl (C=O) groups is 2. The van der Waals surface area contributed by atoms with Gasteiger partial charge >= 0.3 is 6.09 Å². The van der Waals surface area contributed by atoms with Crippen LogP contribution in [0.25, 0.3) is 5.69 Å². The molecule has 0 bridgehead atoms. The Hall–Kier alpha value is -2.90. The van der Waals surface area contributed by atoms with Crippen LogP contribution >= 0.6 is 0 Å². The Labute approximate surface area is 162 Å². The third-order valence-electron chi connectivity index (χ3n) is 5.46. The lowest BCUT2D eigenvalue weighted by atomic mass is 9.84. The molecule has 1 aliphatic carbocycles. The number of halogens is 1. The van der Waals surface area contributed by atoms with E-state index in [2.05, 4.69) is 10.4 Å². The second-order valence-corrected chi connectivity index (χ2v) is 7.28. The van der Waals surface area contributed by atoms with Gasteiger partial charge in [-0.05, 0) is 44.2 Å². The molecular formula is C20H23FN4O3. The van der Waals surface area contributed by atoms with Crippen LogP contribution in [0.15, 0.2) is 36.7 Å². The molecule has 0 spiro atoms. The van der Waals surface area contributed by atoms with Gasteiger partial charge in [0, 0.05) is 18.5 Å². The quantitative estimate of drug-likeness (QED) is 0.874. The SMILES string of the molecule is O=C1OCCCN1[C@H]1CC[C@@H](C(=O)Nc2cnn(-c3ccccc3F)c2)CC1. The molecule has 1 saturated heterocycles. The number of aromatic nitrogens is 2. The molecule has 2 amide bonds. The summed E-state index contributed by atoms with van der Waals surface area (Å²) >= 11 is 0. The average molecular weight is 386 g/mol. The third kappa shape index (κ3) is 3.85. The third-order valence-corrected chi connectivity index (χ3v) is 5.46. The normalized spacial score (nSPS) is 22.6. The number of para-hydroxylation sites is 1. The highest BCUT2D eigenvalue weighted by atomic mass is 19.1. The fourth-order valence-electron chi connectivity index (χ4n) is 3.95. The van der Waals surface area contributed by atoms with Crippen molar-refractivity contribution in [1.82, 2.24) is 14.7 Å². The van der Waals surface area contributed by atoms with E-state index < -0.39 is 0 Å². The van der Waals surface area contributed by atoms with Gasteiger partial charge in [-0.3, -0.25) is 4.79 Å². The molecule has 2 fully saturated rings. The van der Waals surface area contributed by atoms with Crippen LogP contribution in [0.2, 0.25) is 0 Å². The zero-order chi connectivity index (χ0) is 19.5. The maximum Gasteiger partial charge on any atom is 0.410 e. The molecule has 4 rings (SSSR count). The molecule has 0 unspecified atom stereocenters. The summed E-state index contributed by atoms with van der Waals surface area (Å²) in [5.74, 6) is -0.542. The molecule has 1 aromatic heterocycles. The Morgan fingerprint density at radius 1 is 1.21 bits per heavy atom. The molecule has 7 nitrogen and oxygen atoms in total. The molecule has 8 heteroatoms. The van der Waals surface area contributed by atoms with Crippen molar-refractivity contribution in [2.75, 3.05) is 18.5 Å². The molecule has 2 aliphatic rings. The van der Waals surface area contributed by atoms with E-state index in [4.69, 9.17) is 4.74 Å². The van der Waals surface area contributed by atoms with Crippen LogP contribution in [0.1, 0.15) is 32.1 Å². The highest BCUT2D eigenvalue weighted by Crippen LogP contribution is 2.30. The fraction of sp³-hybridized carbons (Fsp3) is 0.450. The van der Waals surface area contributed by atoms with E-state index in [-0.39, 0.29) is 29.8 Å². The van der Waals surface area contributed by atoms with Gasteiger partial charge in [0.05, 0.1) is 24.7 Å². The summed E-state index contributed by atoms with van der Waals surface area (Å²) in [5.41, 5.74) is 0.868. The number of hydrogen-bond donors (Lipinski definition) is 1. The standard InChI is InChI=1S/C20H23FN4O3/c21-17-4-1-2-5-18(17)25-13-15(12-22-25)23-19(26)14-6-8-16(9-7-14)24-10-3-11-28-20(24)27/h1-2,4-5,12-14,16H,3,6-11H2,(H,23,26)/t14-,16+. The number of amides is 2. The summed E-state index contributed by atoms with van der Waals surface area (Å²) in [6.07, 6.45) is 6.77. The van der Waals surface area contributed by atoms with Gasteiger partial charge in [0.25, 0.3) is 0 Å². The van der Waals surface area contributed by atoms with Crippen LogP contribution in [-0.4, -0.2) is 45.9 Å². The van der Waals surface area contributed by atoms with Crippen molar-refractivity contribution in [2.45, 2.75) is 38.1 Å². The van der Waals surface area contributed by atoms with Crippen LogP contribution in [0.5, 0.6) is 0 Å². The first-order valence-electron chi connectivity index (χ1n) is 9.65. The number of nitrogens with zero attached hydrogens (tertiary/aromatic N) is 3. The summed E-state index contributed by atoms with van der Waals surface area (Å²) in [6, 6.07) is 6.49. The number of benzene rings is 1. The van der Waals surface area contributed by atoms with E-state index in [1.165, 1.54) is 16.9 Å². The molecule has 2 aromatic rings. The van der Waals surface area contributed by atoms with Crippen LogP contribution in [0, 0.1) is 11.7 Å². The average Bonchev–Trinajstić information content (AvgIpc) is 3.17. The minimum atomic E-state index is -0.377. The summed E-state index contributed by atoms with van der Waals surface area (Å²) in [6.45, 7) is 1.23. The second-order valence-electron chi connectivity index (χ2n) is 7.28. The topological polar surface area (TPSA) is 76.5 Å². The molecule has 0 atom stereocenters. The maximum atomic E-state index is 13.9. The van der Waals surface area contributed by atoms with E-state index in [1.54, 1.807) is 29.3 Å². The summed E-state index contributed by atoms with van der Waals surface area (Å²) in [4.78, 5) is 26.3. The van der Waals surface area contributed by atoms with Crippen LogP contribution in [-0.2, 0) is 9.53 Å². The van der Waals surface area contributed by atoms with Crippen molar-refractivity contribution in [2.24, 2.45) is 5.92 Å². The zero-order valence-electron chi connectivity index (χ0n) is 15.5. The first-order chi connectivity index (χ1) is 13.6. The fourth-order valence-corrected chi connectivity index (χ4v) is 3.95. The summed E-state index contributed by atoms with van der Waals surface area (Å²) < 4.78 is 20.4. The minimum Gasteiger partial charge on any atom is -0.449 e. The van der Waals surface area contributed by atoms with Crippen LogP contribution in [0.3, 0.4) is 0 Å². The van der Waals surface area contributed by atoms with Gasteiger partial charge in [-0.1, -0.05) is 12.1 Å². The zero-order valence-corrected chi connectivity index (χ0v) is 15.5. The number of rotatable bonds is 4. The lowest BCUT2D eigenvalue weighted by molar-refractivity contribution is -0.121. The number of hydrogen-bond acceptors (Lipinski definition) is 4. The lowest BCUT2D eigenvalue weighted by Crippen LogP contribution is -2.46. The van der Waals surface area contributed by atoms with E-state index in [0.29, 0.717) is 18.0 Å². The Balaban J connectivity index is 1.33. The monoisotopic (exact) mass is 386 g/mol. The summed E-state index contributed by atoms with van der Waals surface area (Å²) in [7, 11) is 0.